The van der Waals surface area contributed by atoms with E-state index in [0.717, 1.165) is 4.90 Å². The first-order valence-electron chi connectivity index (χ1n) is 8.42. The highest BCUT2D eigenvalue weighted by Gasteiger charge is 2.41. The van der Waals surface area contributed by atoms with E-state index < -0.39 is 37.0 Å². The zero-order valence-electron chi connectivity index (χ0n) is 14.7. The largest absolute Gasteiger partial charge is 0.396 e. The number of pyridine rings is 1. The van der Waals surface area contributed by atoms with Crippen molar-refractivity contribution in [2.75, 3.05) is 30.0 Å². The molecule has 0 spiro atoms. The minimum absolute atomic E-state index is 0.00938. The van der Waals surface area contributed by atoms with E-state index in [1.165, 1.54) is 13.1 Å². The highest BCUT2D eigenvalue weighted by Crippen LogP contribution is 2.37. The molecule has 0 aromatic carbocycles. The van der Waals surface area contributed by atoms with Gasteiger partial charge < -0.3 is 21.7 Å². The number of nitrogen functional groups attached to an aromatic ring is 2. The highest BCUT2D eigenvalue weighted by atomic mass is 19.4. The van der Waals surface area contributed by atoms with Gasteiger partial charge in [-0.1, -0.05) is 0 Å². The fourth-order valence-electron chi connectivity index (χ4n) is 3.11. The third-order valence-corrected chi connectivity index (χ3v) is 4.61. The summed E-state index contributed by atoms with van der Waals surface area (Å²) in [5, 5.41) is 2.65. The van der Waals surface area contributed by atoms with Crippen molar-refractivity contribution in [1.82, 2.24) is 10.3 Å². The van der Waals surface area contributed by atoms with Crippen molar-refractivity contribution in [2.45, 2.75) is 44.3 Å². The molecule has 1 fully saturated rings. The molecule has 152 valence electrons. The normalized spacial score (nSPS) is 20.6. The van der Waals surface area contributed by atoms with Crippen LogP contribution in [0.4, 0.5) is 39.3 Å². The number of rotatable bonds is 5. The summed E-state index contributed by atoms with van der Waals surface area (Å²) in [5.41, 5.74) is 11.2. The van der Waals surface area contributed by atoms with Crippen LogP contribution in [0.3, 0.4) is 0 Å². The van der Waals surface area contributed by atoms with Gasteiger partial charge in [-0.15, -0.1) is 0 Å². The third-order valence-electron chi connectivity index (χ3n) is 4.61. The van der Waals surface area contributed by atoms with Crippen molar-refractivity contribution in [2.24, 2.45) is 5.92 Å². The summed E-state index contributed by atoms with van der Waals surface area (Å²) >= 11 is 0. The first kappa shape index (κ1) is 21.0. The first-order valence-corrected chi connectivity index (χ1v) is 8.42. The number of carbonyl (C=O) groups is 1. The van der Waals surface area contributed by atoms with Gasteiger partial charge in [-0.3, -0.25) is 4.79 Å². The highest BCUT2D eigenvalue weighted by molar-refractivity contribution is 6.00. The molecular formula is C16H22F5N5O. The van der Waals surface area contributed by atoms with Crippen LogP contribution in [-0.4, -0.2) is 43.1 Å². The van der Waals surface area contributed by atoms with Gasteiger partial charge in [0.25, 0.3) is 12.3 Å². The first-order chi connectivity index (χ1) is 12.5. The van der Waals surface area contributed by atoms with Crippen molar-refractivity contribution < 1.29 is 26.7 Å². The van der Waals surface area contributed by atoms with Crippen molar-refractivity contribution >= 4 is 23.2 Å². The predicted octanol–water partition coefficient (Wildman–Crippen LogP) is 2.80. The van der Waals surface area contributed by atoms with Crippen LogP contribution in [0.5, 0.6) is 0 Å². The number of nitrogens with zero attached hydrogens (tertiary/aromatic N) is 2. The van der Waals surface area contributed by atoms with Gasteiger partial charge in [-0.05, 0) is 31.7 Å². The Bertz CT molecular complexity index is 674. The Labute approximate surface area is 153 Å². The molecular weight excluding hydrogens is 373 g/mol. The summed E-state index contributed by atoms with van der Waals surface area (Å²) < 4.78 is 63.6. The number of aromatic nitrogens is 1. The van der Waals surface area contributed by atoms with Gasteiger partial charge >= 0.3 is 6.18 Å². The summed E-state index contributed by atoms with van der Waals surface area (Å²) in [4.78, 5) is 17.6. The van der Waals surface area contributed by atoms with Crippen molar-refractivity contribution in [3.63, 3.8) is 0 Å². The SMILES string of the molecule is CN(CC(F)F)c1nc(N)c(N)cc1C(=O)N[C@H]1CC[C@H](C(F)(F)F)CC1. The lowest BCUT2D eigenvalue weighted by molar-refractivity contribution is -0.182. The molecule has 27 heavy (non-hydrogen) atoms. The lowest BCUT2D eigenvalue weighted by Crippen LogP contribution is -2.40. The number of halogens is 5. The number of amides is 1. The predicted molar refractivity (Wildman–Crippen MR) is 91.6 cm³/mol. The van der Waals surface area contributed by atoms with Gasteiger partial charge in [0.2, 0.25) is 0 Å². The Morgan fingerprint density at radius 3 is 2.41 bits per heavy atom. The smallest absolute Gasteiger partial charge is 0.391 e. The Balaban J connectivity index is 2.13. The summed E-state index contributed by atoms with van der Waals surface area (Å²) in [6.07, 6.45) is -6.70. The Kier molecular flexibility index (Phi) is 6.32. The van der Waals surface area contributed by atoms with Crippen molar-refractivity contribution in [3.05, 3.63) is 11.6 Å². The number of nitrogens with two attached hydrogens (primary N) is 2. The van der Waals surface area contributed by atoms with Gasteiger partial charge in [0, 0.05) is 13.1 Å². The van der Waals surface area contributed by atoms with Gasteiger partial charge in [-0.2, -0.15) is 13.2 Å². The molecule has 6 nitrogen and oxygen atoms in total. The van der Waals surface area contributed by atoms with E-state index in [4.69, 9.17) is 11.5 Å². The Morgan fingerprint density at radius 2 is 1.89 bits per heavy atom. The van der Waals surface area contributed by atoms with Crippen molar-refractivity contribution in [3.8, 4) is 0 Å². The minimum Gasteiger partial charge on any atom is -0.396 e. The number of anilines is 3. The van der Waals surface area contributed by atoms with Crippen LogP contribution in [0.25, 0.3) is 0 Å². The molecule has 1 saturated carbocycles. The molecule has 1 aliphatic rings. The molecule has 0 unspecified atom stereocenters. The molecule has 0 atom stereocenters. The second-order valence-electron chi connectivity index (χ2n) is 6.67. The van der Waals surface area contributed by atoms with Gasteiger partial charge in [0.15, 0.2) is 0 Å². The van der Waals surface area contributed by atoms with Crippen LogP contribution in [0.1, 0.15) is 36.0 Å². The number of nitrogens with one attached hydrogen (secondary N) is 1. The van der Waals surface area contributed by atoms with E-state index in [1.807, 2.05) is 0 Å². The Morgan fingerprint density at radius 1 is 1.30 bits per heavy atom. The molecule has 5 N–H and O–H groups in total. The van der Waals surface area contributed by atoms with E-state index in [1.54, 1.807) is 0 Å². The topological polar surface area (TPSA) is 97.3 Å². The molecule has 0 bridgehead atoms. The van der Waals surface area contributed by atoms with Crippen LogP contribution >= 0.6 is 0 Å². The van der Waals surface area contributed by atoms with E-state index in [9.17, 15) is 26.7 Å². The van der Waals surface area contributed by atoms with E-state index >= 15 is 0 Å². The van der Waals surface area contributed by atoms with Crippen LogP contribution in [-0.2, 0) is 0 Å². The number of alkyl halides is 5. The van der Waals surface area contributed by atoms with Gasteiger partial charge in [0.1, 0.15) is 11.6 Å². The molecule has 0 saturated heterocycles. The number of hydrogen-bond acceptors (Lipinski definition) is 5. The third kappa shape index (κ3) is 5.33. The average Bonchev–Trinajstić information content (AvgIpc) is 2.55. The molecule has 1 aromatic heterocycles. The van der Waals surface area contributed by atoms with Crippen molar-refractivity contribution in [1.29, 1.82) is 0 Å². The van der Waals surface area contributed by atoms with Crippen LogP contribution in [0, 0.1) is 5.92 Å². The zero-order valence-corrected chi connectivity index (χ0v) is 14.7. The monoisotopic (exact) mass is 395 g/mol. The van der Waals surface area contributed by atoms with Crippen LogP contribution in [0.15, 0.2) is 6.07 Å². The summed E-state index contributed by atoms with van der Waals surface area (Å²) in [6, 6.07) is 0.791. The fourth-order valence-corrected chi connectivity index (χ4v) is 3.11. The quantitative estimate of drug-likeness (QED) is 0.666. The molecule has 1 aromatic rings. The second kappa shape index (κ2) is 8.13. The average molecular weight is 395 g/mol. The molecule has 0 radical (unpaired) electrons. The van der Waals surface area contributed by atoms with E-state index in [2.05, 4.69) is 10.3 Å². The maximum atomic E-state index is 12.7. The Hall–Kier alpha value is -2.33. The lowest BCUT2D eigenvalue weighted by Gasteiger charge is -2.30. The summed E-state index contributed by atoms with van der Waals surface area (Å²) in [7, 11) is 1.33. The number of carbonyl (C=O) groups excluding carboxylic acids is 1. The van der Waals surface area contributed by atoms with E-state index in [0.29, 0.717) is 0 Å². The fraction of sp³-hybridized carbons (Fsp3) is 0.625. The summed E-state index contributed by atoms with van der Waals surface area (Å²) in [6.45, 7) is -0.673. The number of hydrogen-bond donors (Lipinski definition) is 3. The van der Waals surface area contributed by atoms with Gasteiger partial charge in [0.05, 0.1) is 23.7 Å². The maximum Gasteiger partial charge on any atom is 0.391 e. The molecule has 1 aliphatic carbocycles. The second-order valence-corrected chi connectivity index (χ2v) is 6.67. The molecule has 1 heterocycles. The lowest BCUT2D eigenvalue weighted by atomic mass is 9.85. The zero-order chi connectivity index (χ0) is 20.4. The van der Waals surface area contributed by atoms with Gasteiger partial charge in [-0.25, -0.2) is 13.8 Å². The molecule has 0 aliphatic heterocycles. The van der Waals surface area contributed by atoms with E-state index in [-0.39, 0.29) is 48.6 Å². The standard InChI is InChI=1S/C16H22F5N5O/c1-26(7-12(17)18)14-10(6-11(22)13(23)25-14)15(27)24-9-4-2-8(3-5-9)16(19,20)21/h6,8-9,12H,2-5,7,22H2,1H3,(H2,23,25)(H,24,27)/t8-,9-. The molecule has 11 heteroatoms. The minimum atomic E-state index is -4.24. The molecule has 2 rings (SSSR count). The van der Waals surface area contributed by atoms with Crippen LogP contribution < -0.4 is 21.7 Å². The van der Waals surface area contributed by atoms with Crippen LogP contribution in [0.2, 0.25) is 0 Å². The summed E-state index contributed by atoms with van der Waals surface area (Å²) in [5.74, 6) is -2.18. The molecule has 1 amide bonds. The maximum absolute atomic E-state index is 12.7.